The topological polar surface area (TPSA) is 77.1 Å². The van der Waals surface area contributed by atoms with Crippen LogP contribution in [0.2, 0.25) is 0 Å². The molecule has 3 aromatic rings. The highest BCUT2D eigenvalue weighted by Gasteiger charge is 2.11. The van der Waals surface area contributed by atoms with Crippen LogP contribution in [-0.2, 0) is 0 Å². The van der Waals surface area contributed by atoms with Crippen molar-refractivity contribution < 1.29 is 9.66 Å². The fourth-order valence-corrected chi connectivity index (χ4v) is 3.17. The van der Waals surface area contributed by atoms with Crippen molar-refractivity contribution in [2.24, 2.45) is 10.2 Å². The Morgan fingerprint density at radius 3 is 2.13 bits per heavy atom. The summed E-state index contributed by atoms with van der Waals surface area (Å²) in [5, 5.41) is 19.2. The number of benzene rings is 3. The molecule has 31 heavy (non-hydrogen) atoms. The van der Waals surface area contributed by atoms with E-state index in [0.29, 0.717) is 5.69 Å². The lowest BCUT2D eigenvalue weighted by atomic mass is 10.1. The minimum Gasteiger partial charge on any atom is -0.494 e. The molecule has 3 rings (SSSR count). The highest BCUT2D eigenvalue weighted by molar-refractivity contribution is 5.66. The summed E-state index contributed by atoms with van der Waals surface area (Å²) in [6.45, 7) is 2.97. The summed E-state index contributed by atoms with van der Waals surface area (Å²) in [7, 11) is 0. The van der Waals surface area contributed by atoms with Gasteiger partial charge in [-0.1, -0.05) is 69.0 Å². The largest absolute Gasteiger partial charge is 0.494 e. The summed E-state index contributed by atoms with van der Waals surface area (Å²) in [6, 6.07) is 21.9. The van der Waals surface area contributed by atoms with Crippen molar-refractivity contribution in [3.05, 3.63) is 82.9 Å². The van der Waals surface area contributed by atoms with E-state index in [2.05, 4.69) is 17.2 Å². The molecule has 0 saturated carbocycles. The van der Waals surface area contributed by atoms with Crippen LogP contribution in [0.15, 0.2) is 83.0 Å². The number of nitro groups is 1. The highest BCUT2D eigenvalue weighted by atomic mass is 16.6. The first-order valence-corrected chi connectivity index (χ1v) is 10.7. The predicted octanol–water partition coefficient (Wildman–Crippen LogP) is 8.03. The molecule has 3 aromatic carbocycles. The second kappa shape index (κ2) is 11.6. The van der Waals surface area contributed by atoms with Crippen LogP contribution in [-0.4, -0.2) is 11.5 Å². The van der Waals surface area contributed by atoms with Gasteiger partial charge in [-0.2, -0.15) is 5.11 Å². The summed E-state index contributed by atoms with van der Waals surface area (Å²) in [5.74, 6) is 0.883. The molecule has 6 heteroatoms. The normalized spacial score (nSPS) is 11.0. The van der Waals surface area contributed by atoms with Crippen LogP contribution in [0.1, 0.15) is 39.0 Å². The monoisotopic (exact) mass is 417 g/mol. The Kier molecular flexibility index (Phi) is 8.29. The van der Waals surface area contributed by atoms with Crippen LogP contribution in [0.3, 0.4) is 0 Å². The fraction of sp³-hybridized carbons (Fsp3) is 0.280. The van der Waals surface area contributed by atoms with Crippen LogP contribution < -0.4 is 4.74 Å². The van der Waals surface area contributed by atoms with E-state index in [1.165, 1.54) is 31.7 Å². The Labute approximate surface area is 182 Å². The third-order valence-corrected chi connectivity index (χ3v) is 4.92. The van der Waals surface area contributed by atoms with Gasteiger partial charge in [-0.3, -0.25) is 10.1 Å². The number of para-hydroxylation sites is 1. The molecule has 160 valence electrons. The summed E-state index contributed by atoms with van der Waals surface area (Å²) in [6.07, 6.45) is 6.12. The van der Waals surface area contributed by atoms with Gasteiger partial charge in [0, 0.05) is 6.07 Å². The molecule has 0 aromatic heterocycles. The number of rotatable bonds is 11. The van der Waals surface area contributed by atoms with Crippen molar-refractivity contribution >= 4 is 17.1 Å². The molecule has 0 N–H and O–H groups in total. The first-order valence-electron chi connectivity index (χ1n) is 10.7. The summed E-state index contributed by atoms with van der Waals surface area (Å²) >= 11 is 0. The summed E-state index contributed by atoms with van der Waals surface area (Å²) in [4.78, 5) is 10.6. The molecular weight excluding hydrogens is 390 g/mol. The lowest BCUT2D eigenvalue weighted by Gasteiger charge is -2.07. The molecule has 0 spiro atoms. The van der Waals surface area contributed by atoms with Gasteiger partial charge in [-0.25, -0.2) is 0 Å². The van der Waals surface area contributed by atoms with Gasteiger partial charge in [-0.05, 0) is 47.9 Å². The van der Waals surface area contributed by atoms with E-state index < -0.39 is 4.92 Å². The third-order valence-electron chi connectivity index (χ3n) is 4.92. The Morgan fingerprint density at radius 2 is 1.45 bits per heavy atom. The van der Waals surface area contributed by atoms with E-state index in [4.69, 9.17) is 4.74 Å². The Bertz CT molecular complexity index is 999. The fourth-order valence-electron chi connectivity index (χ4n) is 3.17. The van der Waals surface area contributed by atoms with E-state index >= 15 is 0 Å². The van der Waals surface area contributed by atoms with Crippen LogP contribution in [0.4, 0.5) is 17.1 Å². The first kappa shape index (κ1) is 22.2. The molecule has 0 bridgehead atoms. The lowest BCUT2D eigenvalue weighted by molar-refractivity contribution is -0.384. The smallest absolute Gasteiger partial charge is 0.296 e. The average molecular weight is 418 g/mol. The van der Waals surface area contributed by atoms with Crippen molar-refractivity contribution in [3.63, 3.8) is 0 Å². The van der Waals surface area contributed by atoms with Crippen LogP contribution >= 0.6 is 0 Å². The van der Waals surface area contributed by atoms with Crippen molar-refractivity contribution in [1.29, 1.82) is 0 Å². The molecule has 0 heterocycles. The number of nitro benzene ring substituents is 1. The van der Waals surface area contributed by atoms with Gasteiger partial charge in [0.2, 0.25) is 0 Å². The molecule has 0 aliphatic carbocycles. The number of hydrogen-bond acceptors (Lipinski definition) is 5. The number of unbranched alkanes of at least 4 members (excludes halogenated alkanes) is 4. The first-order chi connectivity index (χ1) is 15.2. The Hall–Kier alpha value is -3.54. The zero-order valence-corrected chi connectivity index (χ0v) is 17.7. The Morgan fingerprint density at radius 1 is 0.806 bits per heavy atom. The molecule has 0 radical (unpaired) electrons. The number of nitrogens with zero attached hydrogens (tertiary/aromatic N) is 3. The zero-order chi connectivity index (χ0) is 21.9. The van der Waals surface area contributed by atoms with E-state index in [1.54, 1.807) is 18.2 Å². The highest BCUT2D eigenvalue weighted by Crippen LogP contribution is 2.29. The van der Waals surface area contributed by atoms with Gasteiger partial charge in [0.25, 0.3) is 5.69 Å². The molecule has 6 nitrogen and oxygen atoms in total. The number of azo groups is 1. The third kappa shape index (κ3) is 6.74. The molecule has 0 saturated heterocycles. The van der Waals surface area contributed by atoms with E-state index in [1.807, 2.05) is 48.5 Å². The molecule has 0 atom stereocenters. The summed E-state index contributed by atoms with van der Waals surface area (Å²) < 4.78 is 5.82. The van der Waals surface area contributed by atoms with Gasteiger partial charge in [0.1, 0.15) is 5.75 Å². The standard InChI is InChI=1S/C25H27N3O3/c1-2-3-4-5-8-19-31-23-17-13-21(14-18-23)20-11-15-22(16-12-20)26-27-24-9-6-7-10-25(24)28(29)30/h6-7,9-18H,2-5,8,19H2,1H3. The maximum Gasteiger partial charge on any atom is 0.296 e. The average Bonchev–Trinajstić information content (AvgIpc) is 2.81. The molecule has 0 fully saturated rings. The van der Waals surface area contributed by atoms with Gasteiger partial charge >= 0.3 is 0 Å². The maximum atomic E-state index is 11.1. The minimum absolute atomic E-state index is 0.0638. The van der Waals surface area contributed by atoms with E-state index in [9.17, 15) is 10.1 Å². The predicted molar refractivity (Wildman–Crippen MR) is 123 cm³/mol. The number of hydrogen-bond donors (Lipinski definition) is 0. The van der Waals surface area contributed by atoms with E-state index in [-0.39, 0.29) is 11.4 Å². The van der Waals surface area contributed by atoms with E-state index in [0.717, 1.165) is 29.9 Å². The van der Waals surface area contributed by atoms with Gasteiger partial charge in [-0.15, -0.1) is 5.11 Å². The van der Waals surface area contributed by atoms with Gasteiger partial charge in [0.15, 0.2) is 5.69 Å². The quantitative estimate of drug-likeness (QED) is 0.137. The van der Waals surface area contributed by atoms with Crippen LogP contribution in [0.25, 0.3) is 11.1 Å². The van der Waals surface area contributed by atoms with Crippen molar-refractivity contribution in [3.8, 4) is 16.9 Å². The SMILES string of the molecule is CCCCCCCOc1ccc(-c2ccc(N=Nc3ccccc3[N+](=O)[O-])cc2)cc1. The molecule has 0 unspecified atom stereocenters. The molecule has 0 aliphatic rings. The van der Waals surface area contributed by atoms with Crippen LogP contribution in [0.5, 0.6) is 5.75 Å². The molecular formula is C25H27N3O3. The van der Waals surface area contributed by atoms with Gasteiger partial charge < -0.3 is 4.74 Å². The van der Waals surface area contributed by atoms with Crippen molar-refractivity contribution in [2.75, 3.05) is 6.61 Å². The van der Waals surface area contributed by atoms with Crippen molar-refractivity contribution in [1.82, 2.24) is 0 Å². The lowest BCUT2D eigenvalue weighted by Crippen LogP contribution is -1.97. The maximum absolute atomic E-state index is 11.1. The Balaban J connectivity index is 1.57. The minimum atomic E-state index is -0.461. The molecule has 0 aliphatic heterocycles. The second-order valence-electron chi connectivity index (χ2n) is 7.28. The van der Waals surface area contributed by atoms with Gasteiger partial charge in [0.05, 0.1) is 17.2 Å². The summed E-state index contributed by atoms with van der Waals surface area (Å²) in [5.41, 5.74) is 2.93. The van der Waals surface area contributed by atoms with Crippen molar-refractivity contribution in [2.45, 2.75) is 39.0 Å². The van der Waals surface area contributed by atoms with Crippen LogP contribution in [0, 0.1) is 10.1 Å². The zero-order valence-electron chi connectivity index (χ0n) is 17.7. The number of ether oxygens (including phenoxy) is 1. The second-order valence-corrected chi connectivity index (χ2v) is 7.28. The molecule has 0 amide bonds.